The smallest absolute Gasteiger partial charge is 0.241 e. The molecule has 0 heterocycles. The Bertz CT molecular complexity index is 1230. The first-order chi connectivity index (χ1) is 15.7. The van der Waals surface area contributed by atoms with E-state index in [0.29, 0.717) is 27.6 Å². The Morgan fingerprint density at radius 2 is 1.70 bits per heavy atom. The van der Waals surface area contributed by atoms with E-state index >= 15 is 0 Å². The highest BCUT2D eigenvalue weighted by atomic mass is 35.5. The highest BCUT2D eigenvalue weighted by Gasteiger charge is 2.20. The maximum absolute atomic E-state index is 12.6. The largest absolute Gasteiger partial charge is 0.493 e. The average molecular weight is 491 g/mol. The van der Waals surface area contributed by atoms with Crippen LogP contribution in [0.15, 0.2) is 71.6 Å². The van der Waals surface area contributed by atoms with Crippen molar-refractivity contribution in [3.05, 3.63) is 82.9 Å². The molecule has 0 fully saturated rings. The number of anilines is 1. The second kappa shape index (κ2) is 10.7. The van der Waals surface area contributed by atoms with Gasteiger partial charge in [-0.2, -0.15) is 0 Å². The lowest BCUT2D eigenvalue weighted by Crippen LogP contribution is -2.33. The van der Waals surface area contributed by atoms with Gasteiger partial charge in [-0.05, 0) is 35.9 Å². The molecule has 1 unspecified atom stereocenters. The van der Waals surface area contributed by atoms with E-state index in [1.165, 1.54) is 32.4 Å². The fraction of sp³-hybridized carbons (Fsp3) is 0.174. The number of sulfonamides is 1. The van der Waals surface area contributed by atoms with Crippen molar-refractivity contribution < 1.29 is 27.8 Å². The van der Waals surface area contributed by atoms with Gasteiger partial charge in [-0.25, -0.2) is 13.1 Å². The molecule has 0 saturated heterocycles. The quantitative estimate of drug-likeness (QED) is 0.424. The van der Waals surface area contributed by atoms with E-state index in [0.717, 1.165) is 0 Å². The molecule has 3 N–H and O–H groups in total. The summed E-state index contributed by atoms with van der Waals surface area (Å²) in [6, 6.07) is 17.6. The number of aliphatic hydroxyl groups excluding tert-OH is 1. The molecule has 174 valence electrons. The van der Waals surface area contributed by atoms with E-state index in [1.807, 2.05) is 6.07 Å². The van der Waals surface area contributed by atoms with Gasteiger partial charge in [-0.15, -0.1) is 0 Å². The van der Waals surface area contributed by atoms with Crippen LogP contribution in [-0.4, -0.2) is 40.2 Å². The first-order valence-electron chi connectivity index (χ1n) is 9.79. The first-order valence-corrected chi connectivity index (χ1v) is 11.6. The molecule has 0 spiro atoms. The Morgan fingerprint density at radius 1 is 1.00 bits per heavy atom. The number of benzene rings is 3. The maximum atomic E-state index is 12.6. The minimum Gasteiger partial charge on any atom is -0.493 e. The number of amides is 1. The first kappa shape index (κ1) is 24.5. The summed E-state index contributed by atoms with van der Waals surface area (Å²) in [5, 5.41) is 13.8. The maximum Gasteiger partial charge on any atom is 0.241 e. The average Bonchev–Trinajstić information content (AvgIpc) is 2.83. The van der Waals surface area contributed by atoms with Crippen LogP contribution in [0.3, 0.4) is 0 Å². The number of methoxy groups -OCH3 is 2. The van der Waals surface area contributed by atoms with E-state index in [2.05, 4.69) is 10.0 Å². The summed E-state index contributed by atoms with van der Waals surface area (Å²) >= 11 is 6.09. The van der Waals surface area contributed by atoms with Crippen molar-refractivity contribution in [2.45, 2.75) is 11.0 Å². The van der Waals surface area contributed by atoms with E-state index in [9.17, 15) is 18.3 Å². The molecular weight excluding hydrogens is 468 g/mol. The van der Waals surface area contributed by atoms with E-state index in [-0.39, 0.29) is 10.6 Å². The number of halogens is 1. The summed E-state index contributed by atoms with van der Waals surface area (Å²) in [5.74, 6) is -0.00477. The van der Waals surface area contributed by atoms with E-state index in [1.54, 1.807) is 42.5 Å². The van der Waals surface area contributed by atoms with Crippen LogP contribution < -0.4 is 19.5 Å². The number of carbonyl (C=O) groups is 1. The molecule has 10 heteroatoms. The second-order valence-electron chi connectivity index (χ2n) is 6.93. The topological polar surface area (TPSA) is 114 Å². The molecule has 0 aliphatic rings. The highest BCUT2D eigenvalue weighted by molar-refractivity contribution is 7.89. The van der Waals surface area contributed by atoms with Crippen LogP contribution in [0.4, 0.5) is 5.69 Å². The lowest BCUT2D eigenvalue weighted by atomic mass is 10.00. The third kappa shape index (κ3) is 6.02. The Hall–Kier alpha value is -3.11. The van der Waals surface area contributed by atoms with Crippen LogP contribution in [-0.2, 0) is 14.8 Å². The molecule has 8 nitrogen and oxygen atoms in total. The van der Waals surface area contributed by atoms with Crippen molar-refractivity contribution in [1.29, 1.82) is 0 Å². The standard InChI is InChI=1S/C23H23ClN2O6S/c1-31-20-11-9-17(13-21(20)32-2)33(29,30)25-14-22(27)26-19-10-8-16(24)12-18(19)23(28)15-6-4-3-5-7-15/h3-13,23,25,28H,14H2,1-2H3,(H,26,27). The van der Waals surface area contributed by atoms with Gasteiger partial charge in [-0.3, -0.25) is 4.79 Å². The Balaban J connectivity index is 1.74. The minimum atomic E-state index is -4.00. The summed E-state index contributed by atoms with van der Waals surface area (Å²) in [6.45, 7) is -0.528. The van der Waals surface area contributed by atoms with Crippen LogP contribution in [0.5, 0.6) is 11.5 Å². The molecule has 0 aliphatic carbocycles. The number of hydrogen-bond donors (Lipinski definition) is 3. The summed E-state index contributed by atoms with van der Waals surface area (Å²) in [6.07, 6.45) is -1.04. The Kier molecular flexibility index (Phi) is 7.93. The predicted molar refractivity (Wildman–Crippen MR) is 125 cm³/mol. The lowest BCUT2D eigenvalue weighted by molar-refractivity contribution is -0.115. The van der Waals surface area contributed by atoms with Crippen molar-refractivity contribution in [3.63, 3.8) is 0 Å². The number of ether oxygens (including phenoxy) is 2. The van der Waals surface area contributed by atoms with Gasteiger partial charge >= 0.3 is 0 Å². The number of rotatable bonds is 9. The van der Waals surface area contributed by atoms with Crippen LogP contribution in [0.1, 0.15) is 17.2 Å². The summed E-state index contributed by atoms with van der Waals surface area (Å²) in [7, 11) is -1.17. The fourth-order valence-corrected chi connectivity index (χ4v) is 4.29. The SMILES string of the molecule is COc1ccc(S(=O)(=O)NCC(=O)Nc2ccc(Cl)cc2C(O)c2ccccc2)cc1OC. The van der Waals surface area contributed by atoms with Crippen LogP contribution >= 0.6 is 11.6 Å². The van der Waals surface area contributed by atoms with Crippen molar-refractivity contribution in [2.75, 3.05) is 26.1 Å². The van der Waals surface area contributed by atoms with Gasteiger partial charge in [0.25, 0.3) is 0 Å². The molecule has 0 bridgehead atoms. The van der Waals surface area contributed by atoms with Crippen molar-refractivity contribution in [2.24, 2.45) is 0 Å². The molecule has 3 aromatic carbocycles. The normalized spacial score (nSPS) is 12.1. The molecule has 0 saturated carbocycles. The Morgan fingerprint density at radius 3 is 2.36 bits per heavy atom. The number of nitrogens with one attached hydrogen (secondary N) is 2. The zero-order valence-electron chi connectivity index (χ0n) is 17.9. The lowest BCUT2D eigenvalue weighted by Gasteiger charge is -2.17. The number of carbonyl (C=O) groups excluding carboxylic acids is 1. The van der Waals surface area contributed by atoms with Gasteiger partial charge in [0.1, 0.15) is 6.10 Å². The molecule has 33 heavy (non-hydrogen) atoms. The molecular formula is C23H23ClN2O6S. The van der Waals surface area contributed by atoms with Crippen LogP contribution in [0.25, 0.3) is 0 Å². The molecule has 0 aliphatic heterocycles. The second-order valence-corrected chi connectivity index (χ2v) is 9.14. The third-order valence-electron chi connectivity index (χ3n) is 4.79. The fourth-order valence-electron chi connectivity index (χ4n) is 3.11. The minimum absolute atomic E-state index is 0.0837. The van der Waals surface area contributed by atoms with Gasteiger partial charge in [0.15, 0.2) is 11.5 Å². The molecule has 3 rings (SSSR count). The molecule has 0 radical (unpaired) electrons. The Labute approximate surface area is 197 Å². The molecule has 3 aromatic rings. The van der Waals surface area contributed by atoms with E-state index < -0.39 is 28.6 Å². The molecule has 1 amide bonds. The van der Waals surface area contributed by atoms with Crippen molar-refractivity contribution in [1.82, 2.24) is 4.72 Å². The van der Waals surface area contributed by atoms with Crippen molar-refractivity contribution in [3.8, 4) is 11.5 Å². The monoisotopic (exact) mass is 490 g/mol. The van der Waals surface area contributed by atoms with Gasteiger partial charge in [0, 0.05) is 22.3 Å². The van der Waals surface area contributed by atoms with Crippen LogP contribution in [0.2, 0.25) is 5.02 Å². The third-order valence-corrected chi connectivity index (χ3v) is 6.42. The molecule has 0 aromatic heterocycles. The summed E-state index contributed by atoms with van der Waals surface area (Å²) in [4.78, 5) is 12.4. The van der Waals surface area contributed by atoms with E-state index in [4.69, 9.17) is 21.1 Å². The van der Waals surface area contributed by atoms with Gasteiger partial charge in [0.2, 0.25) is 15.9 Å². The zero-order chi connectivity index (χ0) is 24.0. The summed E-state index contributed by atoms with van der Waals surface area (Å²) in [5.41, 5.74) is 1.31. The number of aliphatic hydroxyl groups is 1. The number of hydrogen-bond acceptors (Lipinski definition) is 6. The van der Waals surface area contributed by atoms with Gasteiger partial charge in [-0.1, -0.05) is 41.9 Å². The van der Waals surface area contributed by atoms with Crippen LogP contribution in [0, 0.1) is 0 Å². The predicted octanol–water partition coefficient (Wildman–Crippen LogP) is 3.36. The van der Waals surface area contributed by atoms with Gasteiger partial charge in [0.05, 0.1) is 25.7 Å². The highest BCUT2D eigenvalue weighted by Crippen LogP contribution is 2.31. The van der Waals surface area contributed by atoms with Gasteiger partial charge < -0.3 is 19.9 Å². The zero-order valence-corrected chi connectivity index (χ0v) is 19.5. The summed E-state index contributed by atoms with van der Waals surface area (Å²) < 4.78 is 37.7. The molecule has 1 atom stereocenters. The van der Waals surface area contributed by atoms with Crippen molar-refractivity contribution >= 4 is 33.2 Å².